The number of nitrogens with zero attached hydrogens (tertiary/aromatic N) is 3. The van der Waals surface area contributed by atoms with Crippen LogP contribution < -0.4 is 14.8 Å². The van der Waals surface area contributed by atoms with Crippen LogP contribution in [-0.2, 0) is 11.3 Å². The number of benzene rings is 1. The summed E-state index contributed by atoms with van der Waals surface area (Å²) in [6, 6.07) is 3.84. The van der Waals surface area contributed by atoms with E-state index in [1.807, 2.05) is 24.0 Å². The Labute approximate surface area is 188 Å². The van der Waals surface area contributed by atoms with E-state index < -0.39 is 0 Å². The van der Waals surface area contributed by atoms with Crippen LogP contribution in [0.25, 0.3) is 0 Å². The molecule has 1 aromatic carbocycles. The van der Waals surface area contributed by atoms with Crippen molar-refractivity contribution in [3.63, 3.8) is 0 Å². The molecule has 1 N–H and O–H groups in total. The molecule has 28 heavy (non-hydrogen) atoms. The van der Waals surface area contributed by atoms with Gasteiger partial charge in [0.1, 0.15) is 0 Å². The number of ether oxygens (including phenoxy) is 2. The Morgan fingerprint density at radius 2 is 1.86 bits per heavy atom. The maximum atomic E-state index is 11.5. The van der Waals surface area contributed by atoms with Gasteiger partial charge in [-0.2, -0.15) is 0 Å². The molecule has 9 heteroatoms. The average molecular weight is 523 g/mol. The number of halogens is 2. The minimum absolute atomic E-state index is 0. The van der Waals surface area contributed by atoms with Gasteiger partial charge in [-0.3, -0.25) is 4.79 Å². The zero-order valence-electron chi connectivity index (χ0n) is 16.4. The Morgan fingerprint density at radius 1 is 1.18 bits per heavy atom. The number of aliphatic imine (C=N–C) groups is 1. The van der Waals surface area contributed by atoms with Gasteiger partial charge in [-0.25, -0.2) is 4.99 Å². The molecule has 2 heterocycles. The van der Waals surface area contributed by atoms with Gasteiger partial charge >= 0.3 is 0 Å². The van der Waals surface area contributed by atoms with Gasteiger partial charge in [-0.15, -0.1) is 24.0 Å². The van der Waals surface area contributed by atoms with Crippen molar-refractivity contribution in [2.24, 2.45) is 4.99 Å². The fraction of sp³-hybridized carbons (Fsp3) is 0.579. The smallest absolute Gasteiger partial charge is 0.219 e. The highest BCUT2D eigenvalue weighted by Crippen LogP contribution is 2.38. The number of guanidine groups is 1. The number of nitrogens with one attached hydrogen (secondary N) is 1. The van der Waals surface area contributed by atoms with Crippen LogP contribution >= 0.6 is 35.6 Å². The van der Waals surface area contributed by atoms with Crippen LogP contribution in [0.4, 0.5) is 0 Å². The van der Waals surface area contributed by atoms with Gasteiger partial charge in [0, 0.05) is 46.1 Å². The molecule has 2 aliphatic heterocycles. The lowest BCUT2D eigenvalue weighted by Gasteiger charge is -2.36. The summed E-state index contributed by atoms with van der Waals surface area (Å²) in [6.45, 7) is 9.15. The van der Waals surface area contributed by atoms with Crippen molar-refractivity contribution in [2.45, 2.75) is 26.8 Å². The highest BCUT2D eigenvalue weighted by atomic mass is 127. The van der Waals surface area contributed by atoms with E-state index in [0.29, 0.717) is 36.3 Å². The predicted molar refractivity (Wildman–Crippen MR) is 121 cm³/mol. The first-order chi connectivity index (χ1) is 13.1. The Kier molecular flexibility index (Phi) is 8.94. The van der Waals surface area contributed by atoms with Gasteiger partial charge in [0.05, 0.1) is 24.8 Å². The molecule has 2 aliphatic rings. The van der Waals surface area contributed by atoms with Crippen molar-refractivity contribution in [2.75, 3.05) is 45.9 Å². The average Bonchev–Trinajstić information content (AvgIpc) is 2.91. The molecular formula is C19H28ClIN4O3. The number of hydrogen-bond donors (Lipinski definition) is 1. The molecule has 0 atom stereocenters. The van der Waals surface area contributed by atoms with Gasteiger partial charge in [-0.05, 0) is 24.6 Å². The summed E-state index contributed by atoms with van der Waals surface area (Å²) in [7, 11) is 0. The summed E-state index contributed by atoms with van der Waals surface area (Å²) in [5, 5.41) is 3.89. The van der Waals surface area contributed by atoms with Crippen LogP contribution in [0.5, 0.6) is 11.5 Å². The molecule has 1 fully saturated rings. The molecule has 0 spiro atoms. The maximum absolute atomic E-state index is 11.5. The summed E-state index contributed by atoms with van der Waals surface area (Å²) in [5.74, 6) is 2.28. The van der Waals surface area contributed by atoms with Gasteiger partial charge in [0.15, 0.2) is 17.5 Å². The van der Waals surface area contributed by atoms with E-state index in [4.69, 9.17) is 26.1 Å². The third kappa shape index (κ3) is 5.79. The van der Waals surface area contributed by atoms with Gasteiger partial charge < -0.3 is 24.6 Å². The van der Waals surface area contributed by atoms with Crippen LogP contribution in [0.15, 0.2) is 17.1 Å². The lowest BCUT2D eigenvalue weighted by Crippen LogP contribution is -2.53. The summed E-state index contributed by atoms with van der Waals surface area (Å²) in [4.78, 5) is 20.3. The first-order valence-corrected chi connectivity index (χ1v) is 9.83. The standard InChI is InChI=1S/C19H27ClN4O3.HI/c1-3-21-19(24-7-5-23(6-8-24)14(2)25)22-13-15-11-16(20)18-17(12-15)26-9-4-10-27-18;/h11-12H,3-10,13H2,1-2H3,(H,21,22);1H. The minimum Gasteiger partial charge on any atom is -0.489 e. The van der Waals surface area contributed by atoms with Crippen molar-refractivity contribution in [1.29, 1.82) is 0 Å². The molecule has 0 aromatic heterocycles. The Morgan fingerprint density at radius 3 is 2.54 bits per heavy atom. The number of rotatable bonds is 3. The molecule has 0 unspecified atom stereocenters. The van der Waals surface area contributed by atoms with Crippen molar-refractivity contribution in [3.8, 4) is 11.5 Å². The molecule has 0 bridgehead atoms. The summed E-state index contributed by atoms with van der Waals surface area (Å²) in [6.07, 6.45) is 0.843. The summed E-state index contributed by atoms with van der Waals surface area (Å²) >= 11 is 6.37. The van der Waals surface area contributed by atoms with Crippen molar-refractivity contribution in [1.82, 2.24) is 15.1 Å². The van der Waals surface area contributed by atoms with Crippen LogP contribution in [0.1, 0.15) is 25.8 Å². The predicted octanol–water partition coefficient (Wildman–Crippen LogP) is 2.75. The zero-order chi connectivity index (χ0) is 19.2. The second kappa shape index (κ2) is 10.9. The number of hydrogen-bond acceptors (Lipinski definition) is 4. The maximum Gasteiger partial charge on any atom is 0.219 e. The van der Waals surface area contributed by atoms with Crippen molar-refractivity contribution >= 4 is 47.4 Å². The minimum atomic E-state index is 0. The Balaban J connectivity index is 0.00000280. The van der Waals surface area contributed by atoms with E-state index in [9.17, 15) is 4.79 Å². The molecule has 3 rings (SSSR count). The van der Waals surface area contributed by atoms with Crippen molar-refractivity contribution < 1.29 is 14.3 Å². The molecule has 156 valence electrons. The van der Waals surface area contributed by atoms with E-state index in [2.05, 4.69) is 10.2 Å². The lowest BCUT2D eigenvalue weighted by atomic mass is 10.2. The number of carbonyl (C=O) groups is 1. The van der Waals surface area contributed by atoms with Crippen LogP contribution in [0.3, 0.4) is 0 Å². The first kappa shape index (κ1) is 22.9. The quantitative estimate of drug-likeness (QED) is 0.376. The van der Waals surface area contributed by atoms with Gasteiger partial charge in [0.25, 0.3) is 0 Å². The Bertz CT molecular complexity index is 709. The lowest BCUT2D eigenvalue weighted by molar-refractivity contribution is -0.130. The molecule has 7 nitrogen and oxygen atoms in total. The molecular weight excluding hydrogens is 495 g/mol. The van der Waals surface area contributed by atoms with E-state index in [0.717, 1.165) is 50.7 Å². The highest BCUT2D eigenvalue weighted by Gasteiger charge is 2.21. The number of carbonyl (C=O) groups excluding carboxylic acids is 1. The highest BCUT2D eigenvalue weighted by molar-refractivity contribution is 14.0. The van der Waals surface area contributed by atoms with Crippen LogP contribution in [0, 0.1) is 0 Å². The summed E-state index contributed by atoms with van der Waals surface area (Å²) in [5.41, 5.74) is 0.974. The second-order valence-electron chi connectivity index (χ2n) is 6.62. The number of fused-ring (bicyclic) bond motifs is 1. The molecule has 1 amide bonds. The molecule has 1 saturated heterocycles. The van der Waals surface area contributed by atoms with Crippen LogP contribution in [0.2, 0.25) is 5.02 Å². The van der Waals surface area contributed by atoms with E-state index in [1.54, 1.807) is 6.92 Å². The fourth-order valence-electron chi connectivity index (χ4n) is 3.20. The van der Waals surface area contributed by atoms with E-state index in [-0.39, 0.29) is 29.9 Å². The monoisotopic (exact) mass is 522 g/mol. The zero-order valence-corrected chi connectivity index (χ0v) is 19.5. The third-order valence-electron chi connectivity index (χ3n) is 4.63. The number of piperazine rings is 1. The molecule has 0 radical (unpaired) electrons. The number of amides is 1. The third-order valence-corrected chi connectivity index (χ3v) is 4.91. The molecule has 1 aromatic rings. The van der Waals surface area contributed by atoms with Crippen LogP contribution in [-0.4, -0.2) is 67.6 Å². The van der Waals surface area contributed by atoms with Gasteiger partial charge in [-0.1, -0.05) is 11.6 Å². The van der Waals surface area contributed by atoms with E-state index >= 15 is 0 Å². The van der Waals surface area contributed by atoms with E-state index in [1.165, 1.54) is 0 Å². The second-order valence-corrected chi connectivity index (χ2v) is 7.03. The normalized spacial score (nSPS) is 16.9. The topological polar surface area (TPSA) is 66.4 Å². The SMILES string of the molecule is CCNC(=NCc1cc(Cl)c2c(c1)OCCCO2)N1CCN(C(C)=O)CC1.I. The molecule has 0 aliphatic carbocycles. The van der Waals surface area contributed by atoms with Crippen molar-refractivity contribution in [3.05, 3.63) is 22.7 Å². The first-order valence-electron chi connectivity index (χ1n) is 9.45. The largest absolute Gasteiger partial charge is 0.489 e. The fourth-order valence-corrected chi connectivity index (χ4v) is 3.49. The Hall–Kier alpha value is -1.42. The van der Waals surface area contributed by atoms with Gasteiger partial charge in [0.2, 0.25) is 5.91 Å². The summed E-state index contributed by atoms with van der Waals surface area (Å²) < 4.78 is 11.4. The molecule has 0 saturated carbocycles.